The fraction of sp³-hybridized carbons (Fsp3) is 0.450. The zero-order valence-corrected chi connectivity index (χ0v) is 16.0. The molecule has 0 bridgehead atoms. The summed E-state index contributed by atoms with van der Waals surface area (Å²) in [6.45, 7) is 5.20. The van der Waals surface area contributed by atoms with Gasteiger partial charge in [0.05, 0.1) is 26.2 Å². The highest BCUT2D eigenvalue weighted by Gasteiger charge is 2.22. The Bertz CT molecular complexity index is 737. The van der Waals surface area contributed by atoms with E-state index in [0.29, 0.717) is 36.2 Å². The van der Waals surface area contributed by atoms with Crippen molar-refractivity contribution in [1.82, 2.24) is 4.98 Å². The van der Waals surface area contributed by atoms with Crippen LogP contribution in [0, 0.1) is 12.8 Å². The van der Waals surface area contributed by atoms with Crippen LogP contribution in [0.15, 0.2) is 40.8 Å². The number of hydrogen-bond acceptors (Lipinski definition) is 7. The van der Waals surface area contributed by atoms with E-state index >= 15 is 0 Å². The average molecular weight is 372 g/mol. The summed E-state index contributed by atoms with van der Waals surface area (Å²) in [6.07, 6.45) is 8.72. The Balaban J connectivity index is 2.00. The van der Waals surface area contributed by atoms with Crippen LogP contribution in [0.3, 0.4) is 0 Å². The van der Waals surface area contributed by atoms with Crippen LogP contribution in [-0.4, -0.2) is 30.4 Å². The molecular weight excluding hydrogens is 344 g/mol. The molecule has 0 aromatic carbocycles. The molecule has 1 fully saturated rings. The summed E-state index contributed by atoms with van der Waals surface area (Å²) in [5.41, 5.74) is 14.2. The standard InChI is InChI=1S/C20H28N4O3/c1-3-26-19(25)9-17(18(22)6-7-21)12-23-10-16-8-14(2)20(24-11-16)27-13-15-4-5-15/h6-8,11-12,15H,3-5,9-10,13,21-22H2,1-2H3/b7-6-,18-17?,23-12?. The molecule has 0 amide bonds. The molecule has 0 atom stereocenters. The molecule has 27 heavy (non-hydrogen) atoms. The molecule has 0 aliphatic heterocycles. The number of allylic oxidation sites excluding steroid dienone is 1. The molecule has 1 heterocycles. The van der Waals surface area contributed by atoms with E-state index in [0.717, 1.165) is 17.7 Å². The normalized spacial score (nSPS) is 15.2. The van der Waals surface area contributed by atoms with E-state index in [9.17, 15) is 4.79 Å². The van der Waals surface area contributed by atoms with Crippen molar-refractivity contribution >= 4 is 12.2 Å². The Morgan fingerprint density at radius 1 is 1.44 bits per heavy atom. The summed E-state index contributed by atoms with van der Waals surface area (Å²) in [4.78, 5) is 20.5. The molecule has 7 heteroatoms. The monoisotopic (exact) mass is 372 g/mol. The van der Waals surface area contributed by atoms with Gasteiger partial charge >= 0.3 is 5.97 Å². The first-order valence-electron chi connectivity index (χ1n) is 9.14. The molecule has 2 rings (SSSR count). The molecule has 7 nitrogen and oxygen atoms in total. The smallest absolute Gasteiger partial charge is 0.310 e. The van der Waals surface area contributed by atoms with Gasteiger partial charge < -0.3 is 20.9 Å². The lowest BCUT2D eigenvalue weighted by molar-refractivity contribution is -0.142. The first-order chi connectivity index (χ1) is 13.0. The minimum absolute atomic E-state index is 0.0404. The Hall–Kier alpha value is -2.83. The van der Waals surface area contributed by atoms with Crippen LogP contribution in [0.4, 0.5) is 0 Å². The van der Waals surface area contributed by atoms with Crippen molar-refractivity contribution < 1.29 is 14.3 Å². The second-order valence-corrected chi connectivity index (χ2v) is 6.51. The van der Waals surface area contributed by atoms with Crippen molar-refractivity contribution in [2.75, 3.05) is 13.2 Å². The third-order valence-corrected chi connectivity index (χ3v) is 4.05. The predicted molar refractivity (Wildman–Crippen MR) is 105 cm³/mol. The fourth-order valence-corrected chi connectivity index (χ4v) is 2.40. The van der Waals surface area contributed by atoms with Gasteiger partial charge in [0, 0.05) is 29.2 Å². The highest BCUT2D eigenvalue weighted by molar-refractivity contribution is 5.88. The number of nitrogens with zero attached hydrogens (tertiary/aromatic N) is 2. The maximum absolute atomic E-state index is 11.7. The lowest BCUT2D eigenvalue weighted by Crippen LogP contribution is -2.10. The van der Waals surface area contributed by atoms with Gasteiger partial charge in [-0.05, 0) is 56.5 Å². The van der Waals surface area contributed by atoms with E-state index in [1.54, 1.807) is 19.3 Å². The topological polar surface area (TPSA) is 113 Å². The number of aromatic nitrogens is 1. The zero-order valence-electron chi connectivity index (χ0n) is 16.0. The molecule has 146 valence electrons. The average Bonchev–Trinajstić information content (AvgIpc) is 3.45. The number of aliphatic imine (C=N–C) groups is 1. The number of carbonyl (C=O) groups excluding carboxylic acids is 1. The van der Waals surface area contributed by atoms with Gasteiger partial charge in [0.25, 0.3) is 0 Å². The summed E-state index contributed by atoms with van der Waals surface area (Å²) < 4.78 is 10.7. The summed E-state index contributed by atoms with van der Waals surface area (Å²) in [7, 11) is 0. The van der Waals surface area contributed by atoms with Gasteiger partial charge in [0.2, 0.25) is 5.88 Å². The molecular formula is C20H28N4O3. The summed E-state index contributed by atoms with van der Waals surface area (Å²) in [5, 5.41) is 0. The van der Waals surface area contributed by atoms with Crippen molar-refractivity contribution in [3.63, 3.8) is 0 Å². The molecule has 1 aliphatic rings. The largest absolute Gasteiger partial charge is 0.477 e. The second-order valence-electron chi connectivity index (χ2n) is 6.51. The van der Waals surface area contributed by atoms with E-state index in [2.05, 4.69) is 9.98 Å². The second kappa shape index (κ2) is 10.4. The first-order valence-corrected chi connectivity index (χ1v) is 9.14. The van der Waals surface area contributed by atoms with Gasteiger partial charge in [0.15, 0.2) is 0 Å². The van der Waals surface area contributed by atoms with E-state index in [4.69, 9.17) is 20.9 Å². The molecule has 1 aromatic rings. The third-order valence-electron chi connectivity index (χ3n) is 4.05. The minimum atomic E-state index is -0.359. The molecule has 1 aliphatic carbocycles. The summed E-state index contributed by atoms with van der Waals surface area (Å²) in [5.74, 6) is 1.00. The Kier molecular flexibility index (Phi) is 7.85. The molecule has 0 spiro atoms. The van der Waals surface area contributed by atoms with Gasteiger partial charge in [0.1, 0.15) is 0 Å². The van der Waals surface area contributed by atoms with E-state index in [1.165, 1.54) is 25.1 Å². The molecule has 0 radical (unpaired) electrons. The Labute approximate surface area is 160 Å². The minimum Gasteiger partial charge on any atom is -0.477 e. The maximum atomic E-state index is 11.7. The van der Waals surface area contributed by atoms with Crippen molar-refractivity contribution in [3.8, 4) is 5.88 Å². The SMILES string of the molecule is CCOC(=O)CC(C=NCc1cnc(OCC2CC2)c(C)c1)=C(N)/C=C\N. The number of pyridine rings is 1. The quantitative estimate of drug-likeness (QED) is 0.370. The number of nitrogens with two attached hydrogens (primary N) is 2. The lowest BCUT2D eigenvalue weighted by Gasteiger charge is -2.08. The van der Waals surface area contributed by atoms with E-state index < -0.39 is 0 Å². The summed E-state index contributed by atoms with van der Waals surface area (Å²) in [6, 6.07) is 2.00. The first kappa shape index (κ1) is 20.5. The molecule has 1 saturated carbocycles. The lowest BCUT2D eigenvalue weighted by atomic mass is 10.1. The van der Waals surface area contributed by atoms with Crippen molar-refractivity contribution in [3.05, 3.63) is 46.9 Å². The number of ether oxygens (including phenoxy) is 2. The highest BCUT2D eigenvalue weighted by Crippen LogP contribution is 2.29. The van der Waals surface area contributed by atoms with Crippen LogP contribution in [0.25, 0.3) is 0 Å². The van der Waals surface area contributed by atoms with Gasteiger partial charge in [-0.25, -0.2) is 4.98 Å². The number of rotatable bonds is 10. The van der Waals surface area contributed by atoms with Crippen molar-refractivity contribution in [1.29, 1.82) is 0 Å². The van der Waals surface area contributed by atoms with Crippen LogP contribution in [0.1, 0.15) is 37.3 Å². The maximum Gasteiger partial charge on any atom is 0.310 e. The number of hydrogen-bond donors (Lipinski definition) is 2. The molecule has 0 saturated heterocycles. The Morgan fingerprint density at radius 3 is 2.85 bits per heavy atom. The van der Waals surface area contributed by atoms with Crippen molar-refractivity contribution in [2.24, 2.45) is 22.4 Å². The zero-order chi connectivity index (χ0) is 19.6. The van der Waals surface area contributed by atoms with Crippen LogP contribution < -0.4 is 16.2 Å². The fourth-order valence-electron chi connectivity index (χ4n) is 2.40. The van der Waals surface area contributed by atoms with Gasteiger partial charge in [-0.3, -0.25) is 9.79 Å². The van der Waals surface area contributed by atoms with Crippen LogP contribution >= 0.6 is 0 Å². The van der Waals surface area contributed by atoms with E-state index in [-0.39, 0.29) is 12.4 Å². The summed E-state index contributed by atoms with van der Waals surface area (Å²) >= 11 is 0. The van der Waals surface area contributed by atoms with Crippen LogP contribution in [-0.2, 0) is 16.1 Å². The Morgan fingerprint density at radius 2 is 2.22 bits per heavy atom. The van der Waals surface area contributed by atoms with Gasteiger partial charge in [-0.15, -0.1) is 0 Å². The number of aryl methyl sites for hydroxylation is 1. The van der Waals surface area contributed by atoms with Crippen molar-refractivity contribution in [2.45, 2.75) is 39.7 Å². The third kappa shape index (κ3) is 7.13. The number of esters is 1. The van der Waals surface area contributed by atoms with Gasteiger partial charge in [-0.1, -0.05) is 0 Å². The molecule has 4 N–H and O–H groups in total. The van der Waals surface area contributed by atoms with Crippen LogP contribution in [0.5, 0.6) is 5.88 Å². The highest BCUT2D eigenvalue weighted by atomic mass is 16.5. The molecule has 1 aromatic heterocycles. The van der Waals surface area contributed by atoms with E-state index in [1.807, 2.05) is 13.0 Å². The molecule has 0 unspecified atom stereocenters. The number of carbonyl (C=O) groups is 1. The van der Waals surface area contributed by atoms with Crippen LogP contribution in [0.2, 0.25) is 0 Å². The predicted octanol–water partition coefficient (Wildman–Crippen LogP) is 2.39. The van der Waals surface area contributed by atoms with Gasteiger partial charge in [-0.2, -0.15) is 0 Å².